The van der Waals surface area contributed by atoms with Gasteiger partial charge in [-0.05, 0) is 41.2 Å². The van der Waals surface area contributed by atoms with Crippen molar-refractivity contribution in [2.75, 3.05) is 0 Å². The van der Waals surface area contributed by atoms with E-state index in [4.69, 9.17) is 0 Å². The zero-order chi connectivity index (χ0) is 9.83. The lowest BCUT2D eigenvalue weighted by Crippen LogP contribution is -2.27. The fourth-order valence-corrected chi connectivity index (χ4v) is 3.64. The van der Waals surface area contributed by atoms with Crippen LogP contribution in [0.3, 0.4) is 0 Å². The van der Waals surface area contributed by atoms with E-state index in [2.05, 4.69) is 48.6 Å². The quantitative estimate of drug-likeness (QED) is 0.600. The van der Waals surface area contributed by atoms with Crippen LogP contribution in [-0.4, -0.2) is 0 Å². The van der Waals surface area contributed by atoms with E-state index in [1.807, 2.05) is 0 Å². The molecule has 0 saturated heterocycles. The van der Waals surface area contributed by atoms with Crippen molar-refractivity contribution in [2.45, 2.75) is 6.42 Å². The van der Waals surface area contributed by atoms with Gasteiger partial charge >= 0.3 is 0 Å². The zero-order valence-corrected chi connectivity index (χ0v) is 8.64. The standard InChI is InChI=1S/C15H14/c1-2-4-10(5-3-1)13-9-14-11-6-7-12(8-11)15(13)14/h1-7,9,11-12,14-15H,8H2/t11-,12+,14+,15+/m1/s1. The topological polar surface area (TPSA) is 0 Å². The van der Waals surface area contributed by atoms with Crippen LogP contribution >= 0.6 is 0 Å². The molecule has 0 radical (unpaired) electrons. The van der Waals surface area contributed by atoms with Crippen LogP contribution in [0.4, 0.5) is 0 Å². The van der Waals surface area contributed by atoms with Gasteiger partial charge in [0.1, 0.15) is 0 Å². The maximum atomic E-state index is 2.51. The first-order valence-electron chi connectivity index (χ1n) is 5.89. The molecule has 0 heteroatoms. The summed E-state index contributed by atoms with van der Waals surface area (Å²) in [6.07, 6.45) is 8.79. The Bertz CT molecular complexity index is 452. The van der Waals surface area contributed by atoms with Crippen LogP contribution in [0.2, 0.25) is 0 Å². The number of benzene rings is 1. The smallest absolute Gasteiger partial charge is 0.00271 e. The van der Waals surface area contributed by atoms with Gasteiger partial charge in [0.25, 0.3) is 0 Å². The van der Waals surface area contributed by atoms with Gasteiger partial charge in [-0.2, -0.15) is 0 Å². The number of fused-ring (bicyclic) bond motifs is 5. The SMILES string of the molecule is C1=C[C@H]2C[C@@H]1[C@@H]1C=C(c3ccccc3)[C@@H]12. The molecule has 0 aliphatic heterocycles. The first kappa shape index (κ1) is 7.92. The van der Waals surface area contributed by atoms with Crippen LogP contribution in [-0.2, 0) is 0 Å². The molecule has 0 heterocycles. The second kappa shape index (κ2) is 2.63. The van der Waals surface area contributed by atoms with E-state index in [0.29, 0.717) is 0 Å². The number of hydrogen-bond donors (Lipinski definition) is 0. The van der Waals surface area contributed by atoms with Gasteiger partial charge in [-0.25, -0.2) is 0 Å². The third-order valence-corrected chi connectivity index (χ3v) is 4.36. The van der Waals surface area contributed by atoms with Crippen molar-refractivity contribution in [3.63, 3.8) is 0 Å². The van der Waals surface area contributed by atoms with Gasteiger partial charge < -0.3 is 0 Å². The number of allylic oxidation sites excluding steroid dienone is 4. The van der Waals surface area contributed by atoms with Crippen LogP contribution in [0.5, 0.6) is 0 Å². The normalized spacial score (nSPS) is 39.9. The van der Waals surface area contributed by atoms with Gasteiger partial charge in [-0.1, -0.05) is 48.6 Å². The van der Waals surface area contributed by atoms with E-state index < -0.39 is 0 Å². The highest BCUT2D eigenvalue weighted by atomic mass is 14.5. The first-order valence-corrected chi connectivity index (χ1v) is 5.89. The number of hydrogen-bond acceptors (Lipinski definition) is 0. The predicted octanol–water partition coefficient (Wildman–Crippen LogP) is 3.52. The lowest BCUT2D eigenvalue weighted by atomic mass is 9.67. The molecule has 1 aromatic rings. The van der Waals surface area contributed by atoms with E-state index in [0.717, 1.165) is 23.7 Å². The average Bonchev–Trinajstić information content (AvgIpc) is 2.75. The Morgan fingerprint density at radius 3 is 2.53 bits per heavy atom. The van der Waals surface area contributed by atoms with E-state index >= 15 is 0 Å². The summed E-state index contributed by atoms with van der Waals surface area (Å²) in [6.45, 7) is 0. The third kappa shape index (κ3) is 0.923. The Morgan fingerprint density at radius 2 is 1.73 bits per heavy atom. The molecule has 1 saturated carbocycles. The Labute approximate surface area is 90.3 Å². The van der Waals surface area contributed by atoms with Gasteiger partial charge in [0, 0.05) is 0 Å². The van der Waals surface area contributed by atoms with Crippen LogP contribution in [0.1, 0.15) is 12.0 Å². The molecule has 0 amide bonds. The minimum atomic E-state index is 0.847. The molecule has 1 fully saturated rings. The highest BCUT2D eigenvalue weighted by molar-refractivity contribution is 5.75. The molecule has 1 aromatic carbocycles. The maximum absolute atomic E-state index is 2.51. The molecule has 0 N–H and O–H groups in total. The Morgan fingerprint density at radius 1 is 0.933 bits per heavy atom. The summed E-state index contributed by atoms with van der Waals surface area (Å²) in [5, 5.41) is 0. The fourth-order valence-electron chi connectivity index (χ4n) is 3.64. The third-order valence-electron chi connectivity index (χ3n) is 4.36. The molecule has 2 bridgehead atoms. The maximum Gasteiger partial charge on any atom is -0.00271 e. The van der Waals surface area contributed by atoms with E-state index in [9.17, 15) is 0 Å². The summed E-state index contributed by atoms with van der Waals surface area (Å²) < 4.78 is 0. The molecule has 4 rings (SSSR count). The van der Waals surface area contributed by atoms with Gasteiger partial charge in [-0.15, -0.1) is 0 Å². The molecule has 0 nitrogen and oxygen atoms in total. The van der Waals surface area contributed by atoms with Crippen molar-refractivity contribution in [1.29, 1.82) is 0 Å². The molecule has 4 atom stereocenters. The summed E-state index contributed by atoms with van der Waals surface area (Å²) in [5.41, 5.74) is 3.05. The molecule has 0 spiro atoms. The minimum Gasteiger partial charge on any atom is -0.0845 e. The Hall–Kier alpha value is -1.30. The van der Waals surface area contributed by atoms with Crippen molar-refractivity contribution in [2.24, 2.45) is 23.7 Å². The summed E-state index contributed by atoms with van der Waals surface area (Å²) in [7, 11) is 0. The molecule has 74 valence electrons. The molecule has 3 aliphatic carbocycles. The largest absolute Gasteiger partial charge is 0.0845 e. The van der Waals surface area contributed by atoms with E-state index in [1.54, 1.807) is 5.57 Å². The van der Waals surface area contributed by atoms with E-state index in [1.165, 1.54) is 12.0 Å². The molecular formula is C15H14. The Kier molecular flexibility index (Phi) is 1.39. The molecule has 0 unspecified atom stereocenters. The lowest BCUT2D eigenvalue weighted by Gasteiger charge is -2.37. The van der Waals surface area contributed by atoms with Crippen LogP contribution < -0.4 is 0 Å². The first-order chi connectivity index (χ1) is 7.43. The van der Waals surface area contributed by atoms with Gasteiger partial charge in [0.2, 0.25) is 0 Å². The predicted molar refractivity (Wildman–Crippen MR) is 62.1 cm³/mol. The van der Waals surface area contributed by atoms with Crippen molar-refractivity contribution < 1.29 is 0 Å². The average molecular weight is 194 g/mol. The Balaban J connectivity index is 1.73. The van der Waals surface area contributed by atoms with Crippen LogP contribution in [0, 0.1) is 23.7 Å². The summed E-state index contributed by atoms with van der Waals surface area (Å²) in [4.78, 5) is 0. The molecule has 3 aliphatic rings. The van der Waals surface area contributed by atoms with Crippen molar-refractivity contribution in [3.05, 3.63) is 54.1 Å². The fraction of sp³-hybridized carbons (Fsp3) is 0.333. The van der Waals surface area contributed by atoms with Crippen LogP contribution in [0.25, 0.3) is 5.57 Å². The van der Waals surface area contributed by atoms with Gasteiger partial charge in [-0.3, -0.25) is 0 Å². The van der Waals surface area contributed by atoms with E-state index in [-0.39, 0.29) is 0 Å². The van der Waals surface area contributed by atoms with Crippen molar-refractivity contribution in [3.8, 4) is 0 Å². The summed E-state index contributed by atoms with van der Waals surface area (Å²) >= 11 is 0. The highest BCUT2D eigenvalue weighted by Gasteiger charge is 2.50. The monoisotopic (exact) mass is 194 g/mol. The summed E-state index contributed by atoms with van der Waals surface area (Å²) in [5.74, 6) is 3.44. The highest BCUT2D eigenvalue weighted by Crippen LogP contribution is 2.59. The molecular weight excluding hydrogens is 180 g/mol. The number of rotatable bonds is 1. The lowest BCUT2D eigenvalue weighted by molar-refractivity contribution is 0.420. The molecule has 0 aromatic heterocycles. The zero-order valence-electron chi connectivity index (χ0n) is 8.64. The van der Waals surface area contributed by atoms with Gasteiger partial charge in [0.15, 0.2) is 0 Å². The second-order valence-corrected chi connectivity index (χ2v) is 5.04. The minimum absolute atomic E-state index is 0.847. The van der Waals surface area contributed by atoms with Crippen molar-refractivity contribution >= 4 is 5.57 Å². The van der Waals surface area contributed by atoms with Crippen molar-refractivity contribution in [1.82, 2.24) is 0 Å². The summed E-state index contributed by atoms with van der Waals surface area (Å²) in [6, 6.07) is 10.9. The van der Waals surface area contributed by atoms with Crippen LogP contribution in [0.15, 0.2) is 48.6 Å². The second-order valence-electron chi connectivity index (χ2n) is 5.04. The van der Waals surface area contributed by atoms with Gasteiger partial charge in [0.05, 0.1) is 0 Å². The molecule has 15 heavy (non-hydrogen) atoms.